The van der Waals surface area contributed by atoms with Gasteiger partial charge in [-0.2, -0.15) is 0 Å². The molecule has 92 valence electrons. The second kappa shape index (κ2) is 5.10. The molecule has 0 bridgehead atoms. The van der Waals surface area contributed by atoms with Crippen molar-refractivity contribution in [3.8, 4) is 0 Å². The zero-order valence-electron chi connectivity index (χ0n) is 9.71. The third-order valence-corrected chi connectivity index (χ3v) is 2.88. The van der Waals surface area contributed by atoms with Crippen LogP contribution in [0.5, 0.6) is 0 Å². The van der Waals surface area contributed by atoms with E-state index in [1.54, 1.807) is 0 Å². The molecule has 0 fully saturated rings. The van der Waals surface area contributed by atoms with Crippen molar-refractivity contribution >= 4 is 23.9 Å². The fourth-order valence-electron chi connectivity index (χ4n) is 2.01. The van der Waals surface area contributed by atoms with E-state index in [2.05, 4.69) is 10.3 Å². The largest absolute Gasteiger partial charge is 0.383 e. The summed E-state index contributed by atoms with van der Waals surface area (Å²) < 4.78 is 0. The number of nitrogens with two attached hydrogens (primary N) is 1. The molecule has 2 aromatic carbocycles. The van der Waals surface area contributed by atoms with Gasteiger partial charge < -0.3 is 11.1 Å². The second-order valence-corrected chi connectivity index (χ2v) is 4.02. The van der Waals surface area contributed by atoms with Gasteiger partial charge in [-0.1, -0.05) is 42.5 Å². The van der Waals surface area contributed by atoms with E-state index >= 15 is 0 Å². The van der Waals surface area contributed by atoms with Crippen LogP contribution in [0.15, 0.2) is 59.6 Å². The molecule has 0 radical (unpaired) electrons. The van der Waals surface area contributed by atoms with Crippen LogP contribution in [0.2, 0.25) is 0 Å². The first-order chi connectivity index (χ1) is 8.34. The maximum Gasteiger partial charge on any atom is 0.147 e. The number of hydrogen-bond donors (Lipinski definition) is 2. The Hall–Kier alpha value is -2.00. The van der Waals surface area contributed by atoms with E-state index in [1.807, 2.05) is 54.6 Å². The highest BCUT2D eigenvalue weighted by Gasteiger charge is 2.18. The monoisotopic (exact) mass is 259 g/mol. The number of aliphatic imine (C=N–C) groups is 1. The lowest BCUT2D eigenvalue weighted by Gasteiger charge is -2.24. The minimum Gasteiger partial charge on any atom is -0.383 e. The summed E-state index contributed by atoms with van der Waals surface area (Å²) in [6, 6.07) is 18.0. The first-order valence-electron chi connectivity index (χ1n) is 5.59. The molecule has 1 atom stereocenters. The number of halogens is 1. The Morgan fingerprint density at radius 3 is 2.39 bits per heavy atom. The highest BCUT2D eigenvalue weighted by Crippen LogP contribution is 2.28. The van der Waals surface area contributed by atoms with Crippen molar-refractivity contribution in [3.05, 3.63) is 65.7 Å². The fourth-order valence-corrected chi connectivity index (χ4v) is 2.01. The summed E-state index contributed by atoms with van der Waals surface area (Å²) in [5.41, 5.74) is 9.11. The molecule has 3 nitrogen and oxygen atoms in total. The van der Waals surface area contributed by atoms with E-state index in [1.165, 1.54) is 0 Å². The molecule has 1 aliphatic rings. The number of nitrogens with zero attached hydrogens (tertiary/aromatic N) is 1. The first kappa shape index (κ1) is 12.5. The Bertz CT molecular complexity index is 566. The number of benzene rings is 2. The Labute approximate surface area is 112 Å². The fraction of sp³-hybridized carbons (Fsp3) is 0.0714. The SMILES string of the molecule is Cl.NC1=NC(c2ccccc2)Nc2ccccc21. The molecule has 0 saturated carbocycles. The molecule has 0 aliphatic carbocycles. The van der Waals surface area contributed by atoms with Gasteiger partial charge in [0.2, 0.25) is 0 Å². The summed E-state index contributed by atoms with van der Waals surface area (Å²) >= 11 is 0. The molecular formula is C14H14ClN3. The van der Waals surface area contributed by atoms with Gasteiger partial charge in [0, 0.05) is 11.3 Å². The molecule has 18 heavy (non-hydrogen) atoms. The molecule has 3 N–H and O–H groups in total. The number of anilines is 1. The normalized spacial score (nSPS) is 16.9. The summed E-state index contributed by atoms with van der Waals surface area (Å²) in [7, 11) is 0. The maximum atomic E-state index is 5.98. The van der Waals surface area contributed by atoms with E-state index in [-0.39, 0.29) is 18.6 Å². The van der Waals surface area contributed by atoms with Crippen LogP contribution in [0.25, 0.3) is 0 Å². The van der Waals surface area contributed by atoms with Crippen LogP contribution in [0.4, 0.5) is 5.69 Å². The third kappa shape index (κ3) is 2.17. The number of fused-ring (bicyclic) bond motifs is 1. The lowest BCUT2D eigenvalue weighted by Crippen LogP contribution is -2.25. The van der Waals surface area contributed by atoms with E-state index in [0.29, 0.717) is 5.84 Å². The predicted octanol–water partition coefficient (Wildman–Crippen LogP) is 2.94. The molecule has 0 spiro atoms. The zero-order valence-corrected chi connectivity index (χ0v) is 10.5. The molecule has 1 unspecified atom stereocenters. The molecule has 2 aromatic rings. The van der Waals surface area contributed by atoms with Crippen molar-refractivity contribution in [1.29, 1.82) is 0 Å². The van der Waals surface area contributed by atoms with Gasteiger partial charge in [-0.25, -0.2) is 4.99 Å². The molecule has 4 heteroatoms. The summed E-state index contributed by atoms with van der Waals surface area (Å²) in [4.78, 5) is 4.48. The quantitative estimate of drug-likeness (QED) is 0.827. The molecule has 0 amide bonds. The molecule has 3 rings (SSSR count). The minimum atomic E-state index is -0.0916. The summed E-state index contributed by atoms with van der Waals surface area (Å²) in [6.07, 6.45) is -0.0916. The molecule has 0 saturated heterocycles. The van der Waals surface area contributed by atoms with Gasteiger partial charge in [0.05, 0.1) is 0 Å². The average Bonchev–Trinajstić information content (AvgIpc) is 2.40. The Kier molecular flexibility index (Phi) is 3.53. The van der Waals surface area contributed by atoms with E-state index in [4.69, 9.17) is 5.73 Å². The topological polar surface area (TPSA) is 50.4 Å². The van der Waals surface area contributed by atoms with Crippen molar-refractivity contribution in [2.24, 2.45) is 10.7 Å². The van der Waals surface area contributed by atoms with Gasteiger partial charge in [0.1, 0.15) is 12.0 Å². The van der Waals surface area contributed by atoms with Gasteiger partial charge in [0.25, 0.3) is 0 Å². The highest BCUT2D eigenvalue weighted by molar-refractivity contribution is 6.03. The van der Waals surface area contributed by atoms with Gasteiger partial charge in [-0.3, -0.25) is 0 Å². The van der Waals surface area contributed by atoms with Crippen molar-refractivity contribution < 1.29 is 0 Å². The number of amidine groups is 1. The lowest BCUT2D eigenvalue weighted by molar-refractivity contribution is 0.825. The van der Waals surface area contributed by atoms with Gasteiger partial charge >= 0.3 is 0 Å². The standard InChI is InChI=1S/C14H13N3.ClH/c15-13-11-8-4-5-9-12(11)16-14(17-13)10-6-2-1-3-7-10;/h1-9,14,16H,(H2,15,17);1H. The van der Waals surface area contributed by atoms with Gasteiger partial charge in [-0.05, 0) is 17.7 Å². The van der Waals surface area contributed by atoms with Crippen LogP contribution in [0.1, 0.15) is 17.3 Å². The number of hydrogen-bond acceptors (Lipinski definition) is 3. The van der Waals surface area contributed by atoms with Crippen LogP contribution in [0, 0.1) is 0 Å². The Morgan fingerprint density at radius 1 is 0.944 bits per heavy atom. The van der Waals surface area contributed by atoms with E-state index in [0.717, 1.165) is 16.8 Å². The summed E-state index contributed by atoms with van der Waals surface area (Å²) in [5, 5.41) is 3.38. The van der Waals surface area contributed by atoms with Crippen LogP contribution in [0.3, 0.4) is 0 Å². The van der Waals surface area contributed by atoms with Crippen molar-refractivity contribution in [2.45, 2.75) is 6.17 Å². The Balaban J connectivity index is 0.00000120. The zero-order chi connectivity index (χ0) is 11.7. The number of nitrogens with one attached hydrogen (secondary N) is 1. The lowest BCUT2D eigenvalue weighted by atomic mass is 10.1. The van der Waals surface area contributed by atoms with Crippen LogP contribution >= 0.6 is 12.4 Å². The summed E-state index contributed by atoms with van der Waals surface area (Å²) in [5.74, 6) is 0.591. The van der Waals surface area contributed by atoms with Crippen molar-refractivity contribution in [3.63, 3.8) is 0 Å². The van der Waals surface area contributed by atoms with Crippen LogP contribution in [-0.4, -0.2) is 5.84 Å². The smallest absolute Gasteiger partial charge is 0.147 e. The first-order valence-corrected chi connectivity index (χ1v) is 5.59. The second-order valence-electron chi connectivity index (χ2n) is 4.02. The van der Waals surface area contributed by atoms with Gasteiger partial charge in [0.15, 0.2) is 0 Å². The molecule has 0 aromatic heterocycles. The molecular weight excluding hydrogens is 246 g/mol. The highest BCUT2D eigenvalue weighted by atomic mass is 35.5. The average molecular weight is 260 g/mol. The molecule has 1 heterocycles. The number of para-hydroxylation sites is 1. The molecule has 1 aliphatic heterocycles. The van der Waals surface area contributed by atoms with E-state index < -0.39 is 0 Å². The van der Waals surface area contributed by atoms with E-state index in [9.17, 15) is 0 Å². The number of rotatable bonds is 1. The predicted molar refractivity (Wildman–Crippen MR) is 77.2 cm³/mol. The summed E-state index contributed by atoms with van der Waals surface area (Å²) in [6.45, 7) is 0. The van der Waals surface area contributed by atoms with Crippen LogP contribution < -0.4 is 11.1 Å². The third-order valence-electron chi connectivity index (χ3n) is 2.88. The van der Waals surface area contributed by atoms with Crippen LogP contribution in [-0.2, 0) is 0 Å². The van der Waals surface area contributed by atoms with Gasteiger partial charge in [-0.15, -0.1) is 12.4 Å². The van der Waals surface area contributed by atoms with Crippen molar-refractivity contribution in [2.75, 3.05) is 5.32 Å². The Morgan fingerprint density at radius 2 is 1.61 bits per heavy atom. The van der Waals surface area contributed by atoms with Crippen molar-refractivity contribution in [1.82, 2.24) is 0 Å². The minimum absolute atomic E-state index is 0. The maximum absolute atomic E-state index is 5.98.